The summed E-state index contributed by atoms with van der Waals surface area (Å²) in [4.78, 5) is 51.1. The highest BCUT2D eigenvalue weighted by molar-refractivity contribution is 7.47. The van der Waals surface area contributed by atoms with Gasteiger partial charge in [0.05, 0.1) is 13.2 Å². The summed E-state index contributed by atoms with van der Waals surface area (Å²) in [7, 11) is -5.69. The predicted molar refractivity (Wildman–Crippen MR) is 379 cm³/mol. The quantitative estimate of drug-likeness (QED) is 0.0117. The molecule has 0 amide bonds. The molecule has 18 unspecified atom stereocenters. The first-order valence-corrected chi connectivity index (χ1v) is 41.3. The molecule has 24 nitrogen and oxygen atoms in total. The lowest BCUT2D eigenvalue weighted by Gasteiger charge is -2.49. The van der Waals surface area contributed by atoms with Crippen molar-refractivity contribution in [2.45, 2.75) is 433 Å². The molecule has 0 spiro atoms. The minimum absolute atomic E-state index is 0.0326. The lowest BCUT2D eigenvalue weighted by molar-refractivity contribution is -0.360. The van der Waals surface area contributed by atoms with Crippen molar-refractivity contribution >= 4 is 25.7 Å². The van der Waals surface area contributed by atoms with Gasteiger partial charge in [-0.25, -0.2) is 4.57 Å². The Morgan fingerprint density at radius 2 is 0.640 bits per heavy atom. The van der Waals surface area contributed by atoms with Crippen molar-refractivity contribution in [3.05, 3.63) is 0 Å². The monoisotopic (exact) mass is 1460 g/mol. The maximum absolute atomic E-state index is 14.4. The summed E-state index contributed by atoms with van der Waals surface area (Å²) in [5, 5.41) is 110. The number of hydrogen-bond donors (Lipinski definition) is 11. The second-order valence-electron chi connectivity index (χ2n) is 28.8. The van der Waals surface area contributed by atoms with Crippen molar-refractivity contribution in [2.24, 2.45) is 0 Å². The summed E-state index contributed by atoms with van der Waals surface area (Å²) in [5.41, 5.74) is 0. The number of carbonyl (C=O) groups excluding carboxylic acids is 3. The molecule has 2 saturated heterocycles. The SMILES string of the molecule is CCCCCCCCCCCCCCCCCCCC(=O)OC(COC(=O)CCCCCCCCCCCCCCC)COP(=O)(O)OC1C(OC2OC(CO)C(O)C(O)C2O)C(O)C(O)C(O)C1OC1OC(COC(=O)CCCCCCCCCCCCCCCCC)C(O)C(O)C1O. The summed E-state index contributed by atoms with van der Waals surface area (Å²) < 4.78 is 65.2. The molecule has 18 atom stereocenters. The fourth-order valence-corrected chi connectivity index (χ4v) is 14.4. The molecule has 0 bridgehead atoms. The normalized spacial score (nSPS) is 27.3. The predicted octanol–water partition coefficient (Wildman–Crippen LogP) is 11.7. The van der Waals surface area contributed by atoms with Gasteiger partial charge in [-0.1, -0.05) is 290 Å². The van der Waals surface area contributed by atoms with Crippen LogP contribution in [0.1, 0.15) is 329 Å². The zero-order valence-electron chi connectivity index (χ0n) is 61.8. The molecule has 3 aliphatic rings. The number of carbonyl (C=O) groups is 3. The highest BCUT2D eigenvalue weighted by Gasteiger charge is 2.58. The summed E-state index contributed by atoms with van der Waals surface area (Å²) in [6.07, 6.45) is 15.7. The summed E-state index contributed by atoms with van der Waals surface area (Å²) in [6, 6.07) is 0. The number of phosphoric ester groups is 1. The fraction of sp³-hybridized carbons (Fsp3) is 0.960. The van der Waals surface area contributed by atoms with Gasteiger partial charge in [-0.2, -0.15) is 0 Å². The second-order valence-corrected chi connectivity index (χ2v) is 30.2. The van der Waals surface area contributed by atoms with Crippen LogP contribution in [0.15, 0.2) is 0 Å². The van der Waals surface area contributed by atoms with E-state index in [4.69, 9.17) is 42.2 Å². The molecular weight excluding hydrogens is 1320 g/mol. The van der Waals surface area contributed by atoms with Crippen LogP contribution in [-0.4, -0.2) is 204 Å². The van der Waals surface area contributed by atoms with Crippen LogP contribution >= 0.6 is 7.82 Å². The molecule has 11 N–H and O–H groups in total. The number of hydrogen-bond acceptors (Lipinski definition) is 23. The zero-order valence-corrected chi connectivity index (χ0v) is 62.7. The molecule has 1 aliphatic carbocycles. The van der Waals surface area contributed by atoms with Crippen molar-refractivity contribution in [1.82, 2.24) is 0 Å². The Hall–Kier alpha value is -2.04. The van der Waals surface area contributed by atoms with Crippen LogP contribution < -0.4 is 0 Å². The van der Waals surface area contributed by atoms with Crippen LogP contribution in [0, 0.1) is 0 Å². The van der Waals surface area contributed by atoms with Crippen molar-refractivity contribution in [3.63, 3.8) is 0 Å². The van der Waals surface area contributed by atoms with Gasteiger partial charge in [-0.3, -0.25) is 23.4 Å². The van der Waals surface area contributed by atoms with Crippen LogP contribution in [0.4, 0.5) is 0 Å². The van der Waals surface area contributed by atoms with E-state index in [9.17, 15) is 74.9 Å². The number of aliphatic hydroxyl groups excluding tert-OH is 10. The van der Waals surface area contributed by atoms with Crippen molar-refractivity contribution in [3.8, 4) is 0 Å². The summed E-state index contributed by atoms with van der Waals surface area (Å²) >= 11 is 0. The van der Waals surface area contributed by atoms with E-state index in [0.29, 0.717) is 19.3 Å². The van der Waals surface area contributed by atoms with E-state index >= 15 is 0 Å². The molecule has 0 aromatic carbocycles. The van der Waals surface area contributed by atoms with Crippen LogP contribution in [0.3, 0.4) is 0 Å². The molecule has 0 aromatic rings. The van der Waals surface area contributed by atoms with Crippen LogP contribution in [0.5, 0.6) is 0 Å². The van der Waals surface area contributed by atoms with Crippen LogP contribution in [0.2, 0.25) is 0 Å². The maximum Gasteiger partial charge on any atom is 0.472 e. The standard InChI is InChI=1S/C75H141O24P/c1-4-7-10-13-16-19-22-25-27-28-30-33-36-39-42-45-48-51-61(79)94-56(53-91-59(77)49-46-43-40-37-34-31-24-21-18-15-12-9-6-3)54-93-100(89,90)99-73-71(97-74-69(87)64(82)62(80)57(52-76)95-74)67(85)66(84)68(86)72(73)98-75-70(88)65(83)63(81)58(96-75)55-92-60(78)50-47-44-41-38-35-32-29-26-23-20-17-14-11-8-5-2/h56-58,62-76,80-88H,4-55H2,1-3H3,(H,89,90). The van der Waals surface area contributed by atoms with E-state index in [1.165, 1.54) is 180 Å². The molecule has 2 heterocycles. The molecule has 1 saturated carbocycles. The first-order chi connectivity index (χ1) is 48.3. The lowest BCUT2D eigenvalue weighted by atomic mass is 9.84. The smallest absolute Gasteiger partial charge is 0.463 e. The Kier molecular flexibility index (Phi) is 52.7. The van der Waals surface area contributed by atoms with Gasteiger partial charge in [0.1, 0.15) is 98.7 Å². The van der Waals surface area contributed by atoms with E-state index in [-0.39, 0.29) is 19.3 Å². The summed E-state index contributed by atoms with van der Waals surface area (Å²) in [5.74, 6) is -1.97. The average Bonchev–Trinajstić information content (AvgIpc) is 0.761. The Balaban J connectivity index is 1.71. The molecule has 3 fully saturated rings. The van der Waals surface area contributed by atoms with Crippen molar-refractivity contribution in [2.75, 3.05) is 26.4 Å². The van der Waals surface area contributed by atoms with Gasteiger partial charge in [-0.05, 0) is 19.3 Å². The zero-order chi connectivity index (χ0) is 73.2. The molecule has 2 aliphatic heterocycles. The number of rotatable bonds is 63. The number of unbranched alkanes of at least 4 members (excludes halogenated alkanes) is 42. The number of phosphoric acid groups is 1. The lowest BCUT2D eigenvalue weighted by Crippen LogP contribution is -2.69. The van der Waals surface area contributed by atoms with E-state index in [0.717, 1.165) is 89.9 Å². The molecule has 0 aromatic heterocycles. The first-order valence-electron chi connectivity index (χ1n) is 39.8. The summed E-state index contributed by atoms with van der Waals surface area (Å²) in [6.45, 7) is 3.50. The third-order valence-corrected chi connectivity index (χ3v) is 20.9. The minimum Gasteiger partial charge on any atom is -0.463 e. The highest BCUT2D eigenvalue weighted by Crippen LogP contribution is 2.49. The van der Waals surface area contributed by atoms with Crippen LogP contribution in [0.25, 0.3) is 0 Å². The molecule has 3 rings (SSSR count). The van der Waals surface area contributed by atoms with Crippen molar-refractivity contribution in [1.29, 1.82) is 0 Å². The number of aliphatic hydroxyl groups is 10. The largest absolute Gasteiger partial charge is 0.472 e. The Morgan fingerprint density at radius 1 is 0.350 bits per heavy atom. The van der Waals surface area contributed by atoms with Gasteiger partial charge in [0, 0.05) is 19.3 Å². The van der Waals surface area contributed by atoms with E-state index < -0.39 is 156 Å². The third kappa shape index (κ3) is 39.5. The highest BCUT2D eigenvalue weighted by atomic mass is 31.2. The van der Waals surface area contributed by atoms with Crippen molar-refractivity contribution < 1.29 is 117 Å². The first kappa shape index (κ1) is 92.2. The van der Waals surface area contributed by atoms with E-state index in [2.05, 4.69) is 20.8 Å². The van der Waals surface area contributed by atoms with Gasteiger partial charge in [0.15, 0.2) is 18.7 Å². The van der Waals surface area contributed by atoms with Gasteiger partial charge in [-0.15, -0.1) is 0 Å². The maximum atomic E-state index is 14.4. The second kappa shape index (κ2) is 57.2. The number of esters is 3. The van der Waals surface area contributed by atoms with Gasteiger partial charge in [0.2, 0.25) is 0 Å². The van der Waals surface area contributed by atoms with Crippen LogP contribution in [-0.2, 0) is 61.2 Å². The molecular formula is C75H141O24P. The fourth-order valence-electron chi connectivity index (χ4n) is 13.4. The third-order valence-electron chi connectivity index (χ3n) is 19.9. The molecule has 0 radical (unpaired) electrons. The minimum atomic E-state index is -5.69. The Morgan fingerprint density at radius 3 is 0.980 bits per heavy atom. The Labute approximate surface area is 600 Å². The van der Waals surface area contributed by atoms with Gasteiger partial charge >= 0.3 is 25.7 Å². The van der Waals surface area contributed by atoms with Gasteiger partial charge < -0.3 is 89.1 Å². The van der Waals surface area contributed by atoms with E-state index in [1.54, 1.807) is 0 Å². The molecule has 25 heteroatoms. The topological polar surface area (TPSA) is 374 Å². The van der Waals surface area contributed by atoms with Gasteiger partial charge in [0.25, 0.3) is 0 Å². The Bertz CT molecular complexity index is 2060. The molecule has 100 heavy (non-hydrogen) atoms. The number of ether oxygens (including phenoxy) is 7. The van der Waals surface area contributed by atoms with E-state index in [1.807, 2.05) is 0 Å². The average molecular weight is 1460 g/mol. The molecule has 590 valence electrons.